The minimum absolute atomic E-state index is 0.129. The summed E-state index contributed by atoms with van der Waals surface area (Å²) >= 11 is 0. The summed E-state index contributed by atoms with van der Waals surface area (Å²) in [6.45, 7) is 3.69. The number of hydrogen-bond donors (Lipinski definition) is 1. The van der Waals surface area contributed by atoms with Crippen LogP contribution in [0.2, 0.25) is 0 Å². The molecular formula is C6H7NO2. The van der Waals surface area contributed by atoms with Gasteiger partial charge in [0.25, 0.3) is 0 Å². The fourth-order valence-electron chi connectivity index (χ4n) is 0.530. The van der Waals surface area contributed by atoms with Crippen molar-refractivity contribution in [3.8, 4) is 0 Å². The van der Waals surface area contributed by atoms with Crippen LogP contribution < -0.4 is 5.32 Å². The number of ether oxygens (including phenoxy) is 1. The van der Waals surface area contributed by atoms with Gasteiger partial charge in [-0.15, -0.1) is 0 Å². The third-order valence-corrected chi connectivity index (χ3v) is 0.960. The maximum Gasteiger partial charge on any atom is 0.250 e. The Balaban J connectivity index is 2.70. The van der Waals surface area contributed by atoms with Crippen molar-refractivity contribution in [2.45, 2.75) is 0 Å². The number of allylic oxidation sites excluding steroid dienone is 1. The first-order valence-corrected chi connectivity index (χ1v) is 2.57. The van der Waals surface area contributed by atoms with Crippen LogP contribution in [0, 0.1) is 0 Å². The standard InChI is InChI=1S/C6H7NO2/c1-2-5-3-6(8)7-4-9-5/h2-3H,1,4H2,(H,7,8). The molecule has 0 spiro atoms. The van der Waals surface area contributed by atoms with Crippen LogP contribution in [0.15, 0.2) is 24.5 Å². The molecule has 3 heteroatoms. The Bertz CT molecular complexity index is 172. The fourth-order valence-corrected chi connectivity index (χ4v) is 0.530. The minimum atomic E-state index is -0.129. The Morgan fingerprint density at radius 2 is 2.67 bits per heavy atom. The minimum Gasteiger partial charge on any atom is -0.473 e. The summed E-state index contributed by atoms with van der Waals surface area (Å²) in [4.78, 5) is 10.5. The molecule has 9 heavy (non-hydrogen) atoms. The fraction of sp³-hybridized carbons (Fsp3) is 0.167. The van der Waals surface area contributed by atoms with E-state index in [1.54, 1.807) is 0 Å². The first kappa shape index (κ1) is 5.88. The largest absolute Gasteiger partial charge is 0.473 e. The highest BCUT2D eigenvalue weighted by Crippen LogP contribution is 2.00. The highest BCUT2D eigenvalue weighted by molar-refractivity contribution is 5.88. The summed E-state index contributed by atoms with van der Waals surface area (Å²) in [6, 6.07) is 0. The second kappa shape index (κ2) is 2.35. The Morgan fingerprint density at radius 3 is 3.11 bits per heavy atom. The lowest BCUT2D eigenvalue weighted by Crippen LogP contribution is -2.28. The number of amides is 1. The molecule has 0 bridgehead atoms. The van der Waals surface area contributed by atoms with Gasteiger partial charge in [0.2, 0.25) is 5.91 Å². The molecule has 0 aromatic heterocycles. The molecule has 0 atom stereocenters. The normalized spacial score (nSPS) is 17.3. The van der Waals surface area contributed by atoms with E-state index in [4.69, 9.17) is 4.74 Å². The van der Waals surface area contributed by atoms with Crippen LogP contribution in [-0.4, -0.2) is 12.6 Å². The van der Waals surface area contributed by atoms with E-state index >= 15 is 0 Å². The molecule has 1 aliphatic rings. The number of rotatable bonds is 1. The van der Waals surface area contributed by atoms with Crippen molar-refractivity contribution in [2.75, 3.05) is 6.73 Å². The van der Waals surface area contributed by atoms with E-state index in [1.165, 1.54) is 12.2 Å². The smallest absolute Gasteiger partial charge is 0.250 e. The lowest BCUT2D eigenvalue weighted by Gasteiger charge is -2.11. The molecule has 1 amide bonds. The molecule has 0 fully saturated rings. The topological polar surface area (TPSA) is 38.3 Å². The van der Waals surface area contributed by atoms with Crippen LogP contribution in [0.5, 0.6) is 0 Å². The summed E-state index contributed by atoms with van der Waals surface area (Å²) in [5, 5.41) is 2.46. The molecule has 0 radical (unpaired) electrons. The van der Waals surface area contributed by atoms with E-state index in [0.29, 0.717) is 5.76 Å². The van der Waals surface area contributed by atoms with Crippen molar-refractivity contribution in [3.05, 3.63) is 24.5 Å². The molecule has 0 unspecified atom stereocenters. The highest BCUT2D eigenvalue weighted by Gasteiger charge is 2.04. The first-order chi connectivity index (χ1) is 4.33. The summed E-state index contributed by atoms with van der Waals surface area (Å²) in [6.07, 6.45) is 2.86. The van der Waals surface area contributed by atoms with E-state index in [1.807, 2.05) is 0 Å². The van der Waals surface area contributed by atoms with Crippen molar-refractivity contribution >= 4 is 5.91 Å². The molecule has 0 saturated carbocycles. The van der Waals surface area contributed by atoms with Gasteiger partial charge in [-0.25, -0.2) is 0 Å². The van der Waals surface area contributed by atoms with Crippen molar-refractivity contribution in [1.29, 1.82) is 0 Å². The Hall–Kier alpha value is -1.25. The van der Waals surface area contributed by atoms with Crippen LogP contribution in [0.4, 0.5) is 0 Å². The van der Waals surface area contributed by atoms with Gasteiger partial charge in [-0.05, 0) is 6.08 Å². The van der Waals surface area contributed by atoms with Gasteiger partial charge in [-0.1, -0.05) is 6.58 Å². The van der Waals surface area contributed by atoms with Gasteiger partial charge in [-0.2, -0.15) is 0 Å². The van der Waals surface area contributed by atoms with Crippen LogP contribution in [-0.2, 0) is 9.53 Å². The Labute approximate surface area is 53.0 Å². The van der Waals surface area contributed by atoms with Gasteiger partial charge < -0.3 is 10.1 Å². The molecule has 0 aromatic carbocycles. The van der Waals surface area contributed by atoms with E-state index in [0.717, 1.165) is 0 Å². The zero-order valence-corrected chi connectivity index (χ0v) is 4.89. The molecule has 0 saturated heterocycles. The van der Waals surface area contributed by atoms with Crippen molar-refractivity contribution < 1.29 is 9.53 Å². The van der Waals surface area contributed by atoms with Gasteiger partial charge in [0, 0.05) is 6.08 Å². The maximum atomic E-state index is 10.5. The van der Waals surface area contributed by atoms with Gasteiger partial charge in [0.15, 0.2) is 6.73 Å². The second-order valence-electron chi connectivity index (χ2n) is 1.58. The molecule has 0 aromatic rings. The van der Waals surface area contributed by atoms with E-state index < -0.39 is 0 Å². The quantitative estimate of drug-likeness (QED) is 0.542. The van der Waals surface area contributed by atoms with Gasteiger partial charge in [-0.3, -0.25) is 4.79 Å². The SMILES string of the molecule is C=CC1=CC(=O)NCO1. The molecule has 1 aliphatic heterocycles. The summed E-state index contributed by atoms with van der Waals surface area (Å²) in [5.41, 5.74) is 0. The van der Waals surface area contributed by atoms with Crippen molar-refractivity contribution in [1.82, 2.24) is 5.32 Å². The average Bonchev–Trinajstić information content (AvgIpc) is 1.88. The molecule has 0 aliphatic carbocycles. The Morgan fingerprint density at radius 1 is 1.89 bits per heavy atom. The third-order valence-electron chi connectivity index (χ3n) is 0.960. The molecule has 3 nitrogen and oxygen atoms in total. The predicted molar refractivity (Wildman–Crippen MR) is 32.4 cm³/mol. The van der Waals surface area contributed by atoms with E-state index in [2.05, 4.69) is 11.9 Å². The van der Waals surface area contributed by atoms with E-state index in [9.17, 15) is 4.79 Å². The number of hydrogen-bond acceptors (Lipinski definition) is 2. The summed E-state index contributed by atoms with van der Waals surface area (Å²) < 4.78 is 4.91. The summed E-state index contributed by atoms with van der Waals surface area (Å²) in [7, 11) is 0. The lowest BCUT2D eigenvalue weighted by atomic mass is 10.4. The molecule has 1 heterocycles. The van der Waals surface area contributed by atoms with E-state index in [-0.39, 0.29) is 12.6 Å². The number of carbonyl (C=O) groups excluding carboxylic acids is 1. The number of nitrogens with one attached hydrogen (secondary N) is 1. The zero-order valence-electron chi connectivity index (χ0n) is 4.89. The maximum absolute atomic E-state index is 10.5. The zero-order chi connectivity index (χ0) is 6.69. The van der Waals surface area contributed by atoms with Crippen LogP contribution in [0.1, 0.15) is 0 Å². The second-order valence-corrected chi connectivity index (χ2v) is 1.58. The molecule has 1 rings (SSSR count). The van der Waals surface area contributed by atoms with Crippen molar-refractivity contribution in [3.63, 3.8) is 0 Å². The van der Waals surface area contributed by atoms with Crippen LogP contribution in [0.25, 0.3) is 0 Å². The van der Waals surface area contributed by atoms with Gasteiger partial charge in [0.05, 0.1) is 0 Å². The Kier molecular flexibility index (Phi) is 1.53. The van der Waals surface area contributed by atoms with Crippen molar-refractivity contribution in [2.24, 2.45) is 0 Å². The lowest BCUT2D eigenvalue weighted by molar-refractivity contribution is -0.119. The molecule has 1 N–H and O–H groups in total. The highest BCUT2D eigenvalue weighted by atomic mass is 16.5. The monoisotopic (exact) mass is 125 g/mol. The molecular weight excluding hydrogens is 118 g/mol. The van der Waals surface area contributed by atoms with Gasteiger partial charge in [0.1, 0.15) is 5.76 Å². The summed E-state index contributed by atoms with van der Waals surface area (Å²) in [5.74, 6) is 0.398. The average molecular weight is 125 g/mol. The van der Waals surface area contributed by atoms with Crippen LogP contribution in [0.3, 0.4) is 0 Å². The predicted octanol–water partition coefficient (Wildman–Crippen LogP) is 0.160. The number of carbonyl (C=O) groups is 1. The third kappa shape index (κ3) is 1.32. The molecule has 48 valence electrons. The van der Waals surface area contributed by atoms with Crippen LogP contribution >= 0.6 is 0 Å². The first-order valence-electron chi connectivity index (χ1n) is 2.57. The van der Waals surface area contributed by atoms with Gasteiger partial charge >= 0.3 is 0 Å².